The summed E-state index contributed by atoms with van der Waals surface area (Å²) in [6, 6.07) is 9.17. The zero-order valence-corrected chi connectivity index (χ0v) is 12.3. The van der Waals surface area contributed by atoms with Crippen molar-refractivity contribution in [1.82, 2.24) is 10.6 Å². The fourth-order valence-corrected chi connectivity index (χ4v) is 2.65. The van der Waals surface area contributed by atoms with Gasteiger partial charge in [0.15, 0.2) is 0 Å². The molecule has 4 N–H and O–H groups in total. The van der Waals surface area contributed by atoms with Crippen LogP contribution in [0.5, 0.6) is 0 Å². The molecule has 0 spiro atoms. The molecule has 1 aromatic rings. The molecule has 20 heavy (non-hydrogen) atoms. The minimum absolute atomic E-state index is 0.612. The fourth-order valence-electron chi connectivity index (χ4n) is 2.65. The van der Waals surface area contributed by atoms with E-state index in [0.717, 1.165) is 19.1 Å². The van der Waals surface area contributed by atoms with Crippen molar-refractivity contribution in [2.75, 3.05) is 6.54 Å². The van der Waals surface area contributed by atoms with Crippen LogP contribution in [0.1, 0.15) is 43.2 Å². The van der Waals surface area contributed by atoms with Crippen molar-refractivity contribution in [2.45, 2.75) is 51.2 Å². The van der Waals surface area contributed by atoms with Crippen molar-refractivity contribution in [3.8, 4) is 0 Å². The third-order valence-corrected chi connectivity index (χ3v) is 3.93. The molecule has 3 nitrogen and oxygen atoms in total. The second-order valence-electron chi connectivity index (χ2n) is 5.55. The van der Waals surface area contributed by atoms with Gasteiger partial charge >= 0.3 is 0 Å². The Morgan fingerprint density at radius 1 is 1.05 bits per heavy atom. The molecule has 0 aliphatic heterocycles. The summed E-state index contributed by atoms with van der Waals surface area (Å²) in [5.41, 5.74) is 8.05. The van der Waals surface area contributed by atoms with E-state index in [1.807, 2.05) is 6.20 Å². The SMILES string of the molecule is NCc1ccc(CN/C=C/CNC2CCCCC2)cc1. The first kappa shape index (κ1) is 15.1. The van der Waals surface area contributed by atoms with Crippen LogP contribution in [-0.2, 0) is 13.1 Å². The maximum Gasteiger partial charge on any atom is 0.0395 e. The highest BCUT2D eigenvalue weighted by molar-refractivity contribution is 5.22. The number of nitrogens with two attached hydrogens (primary N) is 1. The average Bonchev–Trinajstić information content (AvgIpc) is 2.52. The van der Waals surface area contributed by atoms with Gasteiger partial charge in [0.05, 0.1) is 0 Å². The van der Waals surface area contributed by atoms with E-state index >= 15 is 0 Å². The summed E-state index contributed by atoms with van der Waals surface area (Å²) in [5, 5.41) is 6.92. The van der Waals surface area contributed by atoms with Crippen LogP contribution >= 0.6 is 0 Å². The standard InChI is InChI=1S/C17H27N3/c18-13-15-7-9-16(10-8-15)14-19-11-4-12-20-17-5-2-1-3-6-17/h4,7-11,17,19-20H,1-3,5-6,12-14,18H2/b11-4+. The molecule has 110 valence electrons. The molecule has 0 unspecified atom stereocenters. The predicted molar refractivity (Wildman–Crippen MR) is 85.2 cm³/mol. The summed E-state index contributed by atoms with van der Waals surface area (Å²) in [6.07, 6.45) is 11.1. The van der Waals surface area contributed by atoms with Crippen LogP contribution in [0.2, 0.25) is 0 Å². The van der Waals surface area contributed by atoms with E-state index < -0.39 is 0 Å². The average molecular weight is 273 g/mol. The maximum absolute atomic E-state index is 5.58. The first-order valence-corrected chi connectivity index (χ1v) is 7.78. The topological polar surface area (TPSA) is 50.1 Å². The van der Waals surface area contributed by atoms with Crippen LogP contribution < -0.4 is 16.4 Å². The molecule has 1 aromatic carbocycles. The molecule has 1 fully saturated rings. The largest absolute Gasteiger partial charge is 0.387 e. The molecule has 0 aromatic heterocycles. The number of rotatable bonds is 7. The van der Waals surface area contributed by atoms with Crippen molar-refractivity contribution in [1.29, 1.82) is 0 Å². The van der Waals surface area contributed by atoms with E-state index in [1.165, 1.54) is 43.2 Å². The summed E-state index contributed by atoms with van der Waals surface area (Å²) < 4.78 is 0. The number of benzene rings is 1. The van der Waals surface area contributed by atoms with E-state index in [2.05, 4.69) is 41.0 Å². The highest BCUT2D eigenvalue weighted by Crippen LogP contribution is 2.16. The van der Waals surface area contributed by atoms with E-state index in [-0.39, 0.29) is 0 Å². The van der Waals surface area contributed by atoms with Crippen LogP contribution in [-0.4, -0.2) is 12.6 Å². The van der Waals surface area contributed by atoms with Crippen molar-refractivity contribution >= 4 is 0 Å². The van der Waals surface area contributed by atoms with Crippen LogP contribution in [0.3, 0.4) is 0 Å². The molecule has 0 heterocycles. The molecule has 1 aliphatic carbocycles. The summed E-state index contributed by atoms with van der Waals surface area (Å²) in [5.74, 6) is 0. The third-order valence-electron chi connectivity index (χ3n) is 3.93. The Balaban J connectivity index is 1.58. The number of hydrogen-bond acceptors (Lipinski definition) is 3. The van der Waals surface area contributed by atoms with Gasteiger partial charge in [-0.15, -0.1) is 0 Å². The lowest BCUT2D eigenvalue weighted by atomic mass is 9.95. The van der Waals surface area contributed by atoms with Crippen molar-refractivity contribution in [3.63, 3.8) is 0 Å². The van der Waals surface area contributed by atoms with Crippen LogP contribution in [0.25, 0.3) is 0 Å². The predicted octanol–water partition coefficient (Wildman–Crippen LogP) is 2.67. The van der Waals surface area contributed by atoms with E-state index in [1.54, 1.807) is 0 Å². The lowest BCUT2D eigenvalue weighted by Gasteiger charge is -2.21. The second-order valence-corrected chi connectivity index (χ2v) is 5.55. The minimum atomic E-state index is 0.612. The molecule has 0 bridgehead atoms. The Bertz CT molecular complexity index is 391. The highest BCUT2D eigenvalue weighted by Gasteiger charge is 2.10. The molecule has 0 amide bonds. The Kier molecular flexibility index (Phi) is 6.61. The van der Waals surface area contributed by atoms with Gasteiger partial charge in [0, 0.05) is 25.7 Å². The molecule has 0 radical (unpaired) electrons. The summed E-state index contributed by atoms with van der Waals surface area (Å²) in [6.45, 7) is 2.44. The van der Waals surface area contributed by atoms with E-state index in [9.17, 15) is 0 Å². The zero-order chi connectivity index (χ0) is 14.0. The van der Waals surface area contributed by atoms with Crippen molar-refractivity contribution < 1.29 is 0 Å². The van der Waals surface area contributed by atoms with Crippen molar-refractivity contribution in [3.05, 3.63) is 47.7 Å². The Hall–Kier alpha value is -1.32. The van der Waals surface area contributed by atoms with Gasteiger partial charge in [-0.05, 0) is 30.2 Å². The molecular weight excluding hydrogens is 246 g/mol. The fraction of sp³-hybridized carbons (Fsp3) is 0.529. The normalized spacial score (nSPS) is 16.6. The highest BCUT2D eigenvalue weighted by atomic mass is 14.9. The first-order valence-electron chi connectivity index (χ1n) is 7.78. The monoisotopic (exact) mass is 273 g/mol. The molecule has 0 atom stereocenters. The van der Waals surface area contributed by atoms with Crippen LogP contribution in [0.4, 0.5) is 0 Å². The maximum atomic E-state index is 5.58. The molecule has 2 rings (SSSR count). The smallest absolute Gasteiger partial charge is 0.0395 e. The van der Waals surface area contributed by atoms with Gasteiger partial charge in [0.1, 0.15) is 0 Å². The Morgan fingerprint density at radius 2 is 1.75 bits per heavy atom. The van der Waals surface area contributed by atoms with Gasteiger partial charge in [-0.25, -0.2) is 0 Å². The minimum Gasteiger partial charge on any atom is -0.387 e. The van der Waals surface area contributed by atoms with Gasteiger partial charge in [-0.3, -0.25) is 0 Å². The quantitative estimate of drug-likeness (QED) is 0.716. The Morgan fingerprint density at radius 3 is 2.45 bits per heavy atom. The summed E-state index contributed by atoms with van der Waals surface area (Å²) in [7, 11) is 0. The van der Waals surface area contributed by atoms with Gasteiger partial charge < -0.3 is 16.4 Å². The number of nitrogens with one attached hydrogen (secondary N) is 2. The number of hydrogen-bond donors (Lipinski definition) is 3. The van der Waals surface area contributed by atoms with Crippen molar-refractivity contribution in [2.24, 2.45) is 5.73 Å². The van der Waals surface area contributed by atoms with Crippen LogP contribution in [0.15, 0.2) is 36.5 Å². The zero-order valence-electron chi connectivity index (χ0n) is 12.3. The Labute approximate surface area is 122 Å². The van der Waals surface area contributed by atoms with E-state index in [0.29, 0.717) is 6.54 Å². The second kappa shape index (κ2) is 8.77. The third kappa shape index (κ3) is 5.35. The molecule has 1 aliphatic rings. The van der Waals surface area contributed by atoms with Gasteiger partial charge in [-0.2, -0.15) is 0 Å². The van der Waals surface area contributed by atoms with Gasteiger partial charge in [-0.1, -0.05) is 49.6 Å². The summed E-state index contributed by atoms with van der Waals surface area (Å²) in [4.78, 5) is 0. The molecular formula is C17H27N3. The van der Waals surface area contributed by atoms with Gasteiger partial charge in [0.25, 0.3) is 0 Å². The molecule has 0 saturated heterocycles. The summed E-state index contributed by atoms with van der Waals surface area (Å²) >= 11 is 0. The van der Waals surface area contributed by atoms with E-state index in [4.69, 9.17) is 5.73 Å². The molecule has 3 heteroatoms. The lowest BCUT2D eigenvalue weighted by Crippen LogP contribution is -2.31. The van der Waals surface area contributed by atoms with Crippen LogP contribution in [0, 0.1) is 0 Å². The lowest BCUT2D eigenvalue weighted by molar-refractivity contribution is 0.385. The molecule has 1 saturated carbocycles. The first-order chi connectivity index (χ1) is 9.88. The van der Waals surface area contributed by atoms with Gasteiger partial charge in [0.2, 0.25) is 0 Å².